The fourth-order valence-corrected chi connectivity index (χ4v) is 3.19. The highest BCUT2D eigenvalue weighted by Gasteiger charge is 2.16. The molecule has 1 amide bonds. The summed E-state index contributed by atoms with van der Waals surface area (Å²) in [5.74, 6) is 1.98. The molecule has 1 N–H and O–H groups in total. The molecule has 27 heavy (non-hydrogen) atoms. The van der Waals surface area contributed by atoms with Crippen LogP contribution in [0.3, 0.4) is 0 Å². The van der Waals surface area contributed by atoms with Crippen LogP contribution in [0.2, 0.25) is 0 Å². The van der Waals surface area contributed by atoms with Gasteiger partial charge in [0.05, 0.1) is 6.61 Å². The van der Waals surface area contributed by atoms with Crippen molar-refractivity contribution in [2.24, 2.45) is 5.92 Å². The Bertz CT molecular complexity index is 737. The van der Waals surface area contributed by atoms with Gasteiger partial charge in [0.2, 0.25) is 0 Å². The van der Waals surface area contributed by atoms with Gasteiger partial charge in [0.25, 0.3) is 5.91 Å². The van der Waals surface area contributed by atoms with Crippen molar-refractivity contribution in [1.82, 2.24) is 0 Å². The van der Waals surface area contributed by atoms with Crippen molar-refractivity contribution in [3.05, 3.63) is 48.5 Å². The molecule has 2 aromatic rings. The molecule has 0 aromatic heterocycles. The Morgan fingerprint density at radius 1 is 1.07 bits per heavy atom. The standard InChI is InChI=1S/C22H28N2O3/c1-3-26-20-5-4-6-21(15-20)27-16-22(25)23-18-7-9-19(10-8-18)24-13-11-17(2)12-14-24/h4-10,15,17H,3,11-14,16H2,1-2H3,(H,23,25). The van der Waals surface area contributed by atoms with E-state index in [4.69, 9.17) is 9.47 Å². The van der Waals surface area contributed by atoms with Crippen molar-refractivity contribution in [3.8, 4) is 11.5 Å². The van der Waals surface area contributed by atoms with Gasteiger partial charge < -0.3 is 19.7 Å². The van der Waals surface area contributed by atoms with Crippen LogP contribution in [0, 0.1) is 5.92 Å². The van der Waals surface area contributed by atoms with Crippen LogP contribution in [-0.4, -0.2) is 32.2 Å². The highest BCUT2D eigenvalue weighted by Crippen LogP contribution is 2.24. The van der Waals surface area contributed by atoms with E-state index in [1.807, 2.05) is 37.3 Å². The topological polar surface area (TPSA) is 50.8 Å². The maximum Gasteiger partial charge on any atom is 0.262 e. The Kier molecular flexibility index (Phi) is 6.58. The first-order valence-corrected chi connectivity index (χ1v) is 9.64. The van der Waals surface area contributed by atoms with Gasteiger partial charge >= 0.3 is 0 Å². The Morgan fingerprint density at radius 3 is 2.41 bits per heavy atom. The second-order valence-corrected chi connectivity index (χ2v) is 6.96. The van der Waals surface area contributed by atoms with Crippen LogP contribution in [-0.2, 0) is 4.79 Å². The Hall–Kier alpha value is -2.69. The van der Waals surface area contributed by atoms with Gasteiger partial charge in [-0.25, -0.2) is 0 Å². The number of anilines is 2. The molecule has 2 aromatic carbocycles. The largest absolute Gasteiger partial charge is 0.494 e. The summed E-state index contributed by atoms with van der Waals surface area (Å²) in [6.45, 7) is 6.99. The van der Waals surface area contributed by atoms with Crippen LogP contribution in [0.15, 0.2) is 48.5 Å². The van der Waals surface area contributed by atoms with Crippen LogP contribution in [0.25, 0.3) is 0 Å². The smallest absolute Gasteiger partial charge is 0.262 e. The number of amides is 1. The van der Waals surface area contributed by atoms with Gasteiger partial charge in [-0.05, 0) is 62.1 Å². The van der Waals surface area contributed by atoms with Crippen LogP contribution in [0.1, 0.15) is 26.7 Å². The van der Waals surface area contributed by atoms with E-state index >= 15 is 0 Å². The molecule has 0 bridgehead atoms. The lowest BCUT2D eigenvalue weighted by Gasteiger charge is -2.32. The summed E-state index contributed by atoms with van der Waals surface area (Å²) in [7, 11) is 0. The Balaban J connectivity index is 1.48. The van der Waals surface area contributed by atoms with Crippen LogP contribution in [0.5, 0.6) is 11.5 Å². The van der Waals surface area contributed by atoms with Gasteiger partial charge in [0.1, 0.15) is 11.5 Å². The molecule has 0 atom stereocenters. The van der Waals surface area contributed by atoms with E-state index in [0.717, 1.165) is 30.4 Å². The zero-order chi connectivity index (χ0) is 19.1. The summed E-state index contributed by atoms with van der Waals surface area (Å²) in [5, 5.41) is 2.88. The summed E-state index contributed by atoms with van der Waals surface area (Å²) in [6, 6.07) is 15.3. The van der Waals surface area contributed by atoms with Gasteiger partial charge in [0, 0.05) is 30.5 Å². The lowest BCUT2D eigenvalue weighted by Crippen LogP contribution is -2.32. The molecule has 1 saturated heterocycles. The average Bonchev–Trinajstić information content (AvgIpc) is 2.68. The summed E-state index contributed by atoms with van der Waals surface area (Å²) >= 11 is 0. The second-order valence-electron chi connectivity index (χ2n) is 6.96. The number of nitrogens with zero attached hydrogens (tertiary/aromatic N) is 1. The maximum atomic E-state index is 12.1. The molecule has 1 heterocycles. The number of rotatable bonds is 7. The predicted molar refractivity (Wildman–Crippen MR) is 109 cm³/mol. The number of carbonyl (C=O) groups excluding carboxylic acids is 1. The lowest BCUT2D eigenvalue weighted by molar-refractivity contribution is -0.118. The summed E-state index contributed by atoms with van der Waals surface area (Å²) in [5.41, 5.74) is 1.99. The first-order chi connectivity index (χ1) is 13.1. The molecule has 1 aliphatic rings. The van der Waals surface area contributed by atoms with Crippen molar-refractivity contribution in [1.29, 1.82) is 0 Å². The molecule has 5 heteroatoms. The van der Waals surface area contributed by atoms with Crippen LogP contribution >= 0.6 is 0 Å². The minimum Gasteiger partial charge on any atom is -0.494 e. The fraction of sp³-hybridized carbons (Fsp3) is 0.409. The third-order valence-electron chi connectivity index (χ3n) is 4.79. The summed E-state index contributed by atoms with van der Waals surface area (Å²) in [6.07, 6.45) is 2.47. The van der Waals surface area contributed by atoms with Gasteiger partial charge in [-0.3, -0.25) is 4.79 Å². The van der Waals surface area contributed by atoms with Crippen LogP contribution in [0.4, 0.5) is 11.4 Å². The SMILES string of the molecule is CCOc1cccc(OCC(=O)Nc2ccc(N3CCC(C)CC3)cc2)c1. The van der Waals surface area contributed by atoms with Gasteiger partial charge in [-0.1, -0.05) is 13.0 Å². The highest BCUT2D eigenvalue weighted by atomic mass is 16.5. The predicted octanol–water partition coefficient (Wildman–Crippen LogP) is 4.34. The van der Waals surface area contributed by atoms with Crippen molar-refractivity contribution in [2.45, 2.75) is 26.7 Å². The van der Waals surface area contributed by atoms with Gasteiger partial charge in [-0.15, -0.1) is 0 Å². The fourth-order valence-electron chi connectivity index (χ4n) is 3.19. The van der Waals surface area contributed by atoms with Crippen molar-refractivity contribution in [2.75, 3.05) is 36.5 Å². The van der Waals surface area contributed by atoms with Crippen molar-refractivity contribution < 1.29 is 14.3 Å². The second kappa shape index (κ2) is 9.31. The lowest BCUT2D eigenvalue weighted by atomic mass is 9.99. The molecule has 1 aliphatic heterocycles. The molecule has 144 valence electrons. The number of hydrogen-bond donors (Lipinski definition) is 1. The summed E-state index contributed by atoms with van der Waals surface area (Å²) in [4.78, 5) is 14.5. The van der Waals surface area contributed by atoms with E-state index in [-0.39, 0.29) is 12.5 Å². The number of carbonyl (C=O) groups is 1. The van der Waals surface area contributed by atoms with E-state index in [0.29, 0.717) is 12.4 Å². The molecule has 0 aliphatic carbocycles. The molecule has 0 unspecified atom stereocenters. The molecule has 0 radical (unpaired) electrons. The first kappa shape index (κ1) is 19.1. The Morgan fingerprint density at radius 2 is 1.74 bits per heavy atom. The molecular formula is C22H28N2O3. The molecule has 3 rings (SSSR count). The van der Waals surface area contributed by atoms with Crippen LogP contribution < -0.4 is 19.7 Å². The van der Waals surface area contributed by atoms with Crippen molar-refractivity contribution >= 4 is 17.3 Å². The maximum absolute atomic E-state index is 12.1. The van der Waals surface area contributed by atoms with Gasteiger partial charge in [-0.2, -0.15) is 0 Å². The van der Waals surface area contributed by atoms with E-state index in [9.17, 15) is 4.79 Å². The number of hydrogen-bond acceptors (Lipinski definition) is 4. The monoisotopic (exact) mass is 368 g/mol. The van der Waals surface area contributed by atoms with E-state index in [2.05, 4.69) is 29.3 Å². The van der Waals surface area contributed by atoms with Gasteiger partial charge in [0.15, 0.2) is 6.61 Å². The normalized spacial score (nSPS) is 14.7. The average molecular weight is 368 g/mol. The van der Waals surface area contributed by atoms with E-state index in [1.54, 1.807) is 6.07 Å². The quantitative estimate of drug-likeness (QED) is 0.790. The summed E-state index contributed by atoms with van der Waals surface area (Å²) < 4.78 is 11.0. The zero-order valence-corrected chi connectivity index (χ0v) is 16.1. The van der Waals surface area contributed by atoms with E-state index < -0.39 is 0 Å². The molecule has 1 fully saturated rings. The Labute approximate surface area is 161 Å². The number of piperidine rings is 1. The molecule has 5 nitrogen and oxygen atoms in total. The van der Waals surface area contributed by atoms with E-state index in [1.165, 1.54) is 18.5 Å². The zero-order valence-electron chi connectivity index (χ0n) is 16.1. The minimum atomic E-state index is -0.184. The third-order valence-corrected chi connectivity index (χ3v) is 4.79. The first-order valence-electron chi connectivity index (χ1n) is 9.64. The number of benzene rings is 2. The number of nitrogens with one attached hydrogen (secondary N) is 1. The highest BCUT2D eigenvalue weighted by molar-refractivity contribution is 5.92. The molecule has 0 saturated carbocycles. The molecular weight excluding hydrogens is 340 g/mol. The third kappa shape index (κ3) is 5.64. The number of ether oxygens (including phenoxy) is 2. The molecule has 0 spiro atoms. The van der Waals surface area contributed by atoms with Crippen molar-refractivity contribution in [3.63, 3.8) is 0 Å². The minimum absolute atomic E-state index is 0.0403.